The molecule has 0 spiro atoms. The Morgan fingerprint density at radius 3 is 2.42 bits per heavy atom. The van der Waals surface area contributed by atoms with Crippen LogP contribution < -0.4 is 10.6 Å². The molecule has 1 aromatic carbocycles. The van der Waals surface area contributed by atoms with Crippen molar-refractivity contribution in [1.29, 1.82) is 0 Å². The molecular formula is C20H23F2N5O4. The molecule has 2 aromatic rings. The topological polar surface area (TPSA) is 116 Å². The summed E-state index contributed by atoms with van der Waals surface area (Å²) in [4.78, 5) is 38.4. The minimum absolute atomic E-state index is 0.0110. The Morgan fingerprint density at radius 1 is 1.16 bits per heavy atom. The molecule has 0 radical (unpaired) electrons. The van der Waals surface area contributed by atoms with Crippen molar-refractivity contribution in [3.05, 3.63) is 47.3 Å². The third-order valence-electron chi connectivity index (χ3n) is 4.73. The molecule has 0 atom stereocenters. The smallest absolute Gasteiger partial charge is 0.410 e. The second-order valence-electron chi connectivity index (χ2n) is 7.38. The summed E-state index contributed by atoms with van der Waals surface area (Å²) < 4.78 is 32.8. The van der Waals surface area contributed by atoms with Crippen LogP contribution in [0.4, 0.5) is 19.3 Å². The molecule has 0 unspecified atom stereocenters. The molecule has 1 aliphatic heterocycles. The van der Waals surface area contributed by atoms with Crippen LogP contribution in [0.15, 0.2) is 24.4 Å². The quantitative estimate of drug-likeness (QED) is 0.668. The van der Waals surface area contributed by atoms with Crippen LogP contribution in [-0.4, -0.2) is 58.2 Å². The first-order valence-electron chi connectivity index (χ1n) is 9.81. The molecule has 11 heteroatoms. The highest BCUT2D eigenvalue weighted by Crippen LogP contribution is 2.18. The lowest BCUT2D eigenvalue weighted by atomic mass is 10.1. The Labute approximate surface area is 177 Å². The summed E-state index contributed by atoms with van der Waals surface area (Å²) in [5, 5.41) is 11.3. The first-order chi connectivity index (χ1) is 14.8. The van der Waals surface area contributed by atoms with Gasteiger partial charge < -0.3 is 20.3 Å². The lowest BCUT2D eigenvalue weighted by Crippen LogP contribution is -2.47. The van der Waals surface area contributed by atoms with Crippen molar-refractivity contribution >= 4 is 23.6 Å². The number of H-pyrrole nitrogens is 1. The van der Waals surface area contributed by atoms with Gasteiger partial charge in [-0.05, 0) is 38.8 Å². The Hall–Kier alpha value is -3.50. The average Bonchev–Trinajstić information content (AvgIpc) is 3.16. The number of amides is 3. The minimum Gasteiger partial charge on any atom is -0.447 e. The van der Waals surface area contributed by atoms with Crippen molar-refractivity contribution in [3.8, 4) is 0 Å². The molecule has 3 rings (SSSR count). The van der Waals surface area contributed by atoms with E-state index < -0.39 is 35.1 Å². The predicted octanol–water partition coefficient (Wildman–Crippen LogP) is 2.68. The first-order valence-corrected chi connectivity index (χ1v) is 9.81. The van der Waals surface area contributed by atoms with Gasteiger partial charge in [0.2, 0.25) is 0 Å². The summed E-state index contributed by atoms with van der Waals surface area (Å²) in [5.74, 6) is -3.61. The van der Waals surface area contributed by atoms with Gasteiger partial charge in [0.05, 0.1) is 18.0 Å². The number of anilines is 1. The normalized spacial score (nSPS) is 14.4. The van der Waals surface area contributed by atoms with Crippen LogP contribution in [0.5, 0.6) is 0 Å². The monoisotopic (exact) mass is 435 g/mol. The molecule has 9 nitrogen and oxygen atoms in total. The average molecular weight is 435 g/mol. The van der Waals surface area contributed by atoms with Crippen molar-refractivity contribution in [3.63, 3.8) is 0 Å². The number of carbonyl (C=O) groups is 3. The van der Waals surface area contributed by atoms with E-state index in [0.717, 1.165) is 18.2 Å². The van der Waals surface area contributed by atoms with Gasteiger partial charge in [-0.1, -0.05) is 6.07 Å². The van der Waals surface area contributed by atoms with Crippen LogP contribution in [0.1, 0.15) is 47.5 Å². The Balaban J connectivity index is 1.59. The van der Waals surface area contributed by atoms with Gasteiger partial charge in [0.25, 0.3) is 11.8 Å². The molecule has 1 aromatic heterocycles. The van der Waals surface area contributed by atoms with Crippen LogP contribution in [-0.2, 0) is 4.74 Å². The van der Waals surface area contributed by atoms with Crippen LogP contribution in [0.25, 0.3) is 0 Å². The number of ether oxygens (including phenoxy) is 1. The lowest BCUT2D eigenvalue weighted by molar-refractivity contribution is 0.0667. The summed E-state index contributed by atoms with van der Waals surface area (Å²) in [7, 11) is 0. The van der Waals surface area contributed by atoms with Crippen molar-refractivity contribution < 1.29 is 27.9 Å². The molecule has 166 valence electrons. The number of nitrogens with zero attached hydrogens (tertiary/aromatic N) is 2. The van der Waals surface area contributed by atoms with Gasteiger partial charge in [0.15, 0.2) is 0 Å². The number of hydrogen-bond acceptors (Lipinski definition) is 5. The van der Waals surface area contributed by atoms with Crippen LogP contribution >= 0.6 is 0 Å². The standard InChI is InChI=1S/C20H23F2N5O4/c1-11(2)31-20(30)27-8-6-12(7-9-27)24-19(29)17-15(10-23-26-17)25-18(28)16-13(21)4-3-5-14(16)22/h3-5,10-12H,6-9H2,1-2H3,(H,23,26)(H,24,29)(H,25,28). The Bertz CT molecular complexity index is 950. The second kappa shape index (κ2) is 9.54. The minimum atomic E-state index is -1.04. The summed E-state index contributed by atoms with van der Waals surface area (Å²) in [6.07, 6.45) is 1.62. The Morgan fingerprint density at radius 2 is 1.81 bits per heavy atom. The number of likely N-dealkylation sites (tertiary alicyclic amines) is 1. The molecule has 1 fully saturated rings. The van der Waals surface area contributed by atoms with E-state index in [1.54, 1.807) is 18.7 Å². The molecular weight excluding hydrogens is 412 g/mol. The van der Waals surface area contributed by atoms with Gasteiger partial charge >= 0.3 is 6.09 Å². The van der Waals surface area contributed by atoms with Gasteiger partial charge in [0.1, 0.15) is 22.9 Å². The van der Waals surface area contributed by atoms with E-state index in [1.165, 1.54) is 6.20 Å². The number of piperidine rings is 1. The highest BCUT2D eigenvalue weighted by Gasteiger charge is 2.27. The van der Waals surface area contributed by atoms with E-state index in [4.69, 9.17) is 4.74 Å². The van der Waals surface area contributed by atoms with E-state index in [0.29, 0.717) is 25.9 Å². The molecule has 1 saturated heterocycles. The molecule has 2 heterocycles. The number of aromatic nitrogens is 2. The van der Waals surface area contributed by atoms with Crippen LogP contribution in [0.2, 0.25) is 0 Å². The van der Waals surface area contributed by atoms with Gasteiger partial charge in [-0.3, -0.25) is 14.7 Å². The summed E-state index contributed by atoms with van der Waals surface area (Å²) in [5.41, 5.74) is -0.814. The number of aromatic amines is 1. The number of halogens is 2. The van der Waals surface area contributed by atoms with Crippen LogP contribution in [0.3, 0.4) is 0 Å². The summed E-state index contributed by atoms with van der Waals surface area (Å²) >= 11 is 0. The maximum absolute atomic E-state index is 13.8. The first kappa shape index (κ1) is 22.2. The zero-order valence-electron chi connectivity index (χ0n) is 17.1. The number of benzene rings is 1. The molecule has 0 bridgehead atoms. The lowest BCUT2D eigenvalue weighted by Gasteiger charge is -2.32. The SMILES string of the molecule is CC(C)OC(=O)N1CCC(NC(=O)c2[nH]ncc2NC(=O)c2c(F)cccc2F)CC1. The predicted molar refractivity (Wildman–Crippen MR) is 107 cm³/mol. The third kappa shape index (κ3) is 5.36. The number of rotatable bonds is 5. The molecule has 0 saturated carbocycles. The van der Waals surface area contributed by atoms with Crippen molar-refractivity contribution in [1.82, 2.24) is 20.4 Å². The van der Waals surface area contributed by atoms with Gasteiger partial charge in [0, 0.05) is 19.1 Å². The fourth-order valence-corrected chi connectivity index (χ4v) is 3.19. The van der Waals surface area contributed by atoms with Gasteiger partial charge in [-0.2, -0.15) is 5.10 Å². The number of nitrogens with one attached hydrogen (secondary N) is 3. The Kier molecular flexibility index (Phi) is 6.83. The van der Waals surface area contributed by atoms with Crippen molar-refractivity contribution in [2.24, 2.45) is 0 Å². The third-order valence-corrected chi connectivity index (χ3v) is 4.73. The van der Waals surface area contributed by atoms with E-state index in [2.05, 4.69) is 20.8 Å². The number of hydrogen-bond donors (Lipinski definition) is 3. The fourth-order valence-electron chi connectivity index (χ4n) is 3.19. The second-order valence-corrected chi connectivity index (χ2v) is 7.38. The van der Waals surface area contributed by atoms with Crippen LogP contribution in [0, 0.1) is 11.6 Å². The molecule has 3 amide bonds. The molecule has 1 aliphatic rings. The van der Waals surface area contributed by atoms with Crippen molar-refractivity contribution in [2.45, 2.75) is 38.8 Å². The largest absolute Gasteiger partial charge is 0.447 e. The highest BCUT2D eigenvalue weighted by atomic mass is 19.1. The molecule has 0 aliphatic carbocycles. The molecule has 3 N–H and O–H groups in total. The zero-order valence-corrected chi connectivity index (χ0v) is 17.1. The van der Waals surface area contributed by atoms with Crippen molar-refractivity contribution in [2.75, 3.05) is 18.4 Å². The summed E-state index contributed by atoms with van der Waals surface area (Å²) in [6.45, 7) is 4.39. The van der Waals surface area contributed by atoms with E-state index in [1.807, 2.05) is 0 Å². The van der Waals surface area contributed by atoms with E-state index in [9.17, 15) is 23.2 Å². The molecule has 31 heavy (non-hydrogen) atoms. The zero-order chi connectivity index (χ0) is 22.5. The maximum atomic E-state index is 13.8. The van der Waals surface area contributed by atoms with Gasteiger partial charge in [-0.15, -0.1) is 0 Å². The summed E-state index contributed by atoms with van der Waals surface area (Å²) in [6, 6.07) is 2.87. The highest BCUT2D eigenvalue weighted by molar-refractivity contribution is 6.08. The van der Waals surface area contributed by atoms with E-state index >= 15 is 0 Å². The fraction of sp³-hybridized carbons (Fsp3) is 0.400. The number of carbonyl (C=O) groups excluding carboxylic acids is 3. The maximum Gasteiger partial charge on any atom is 0.410 e. The van der Waals surface area contributed by atoms with Gasteiger partial charge in [-0.25, -0.2) is 13.6 Å². The van der Waals surface area contributed by atoms with E-state index in [-0.39, 0.29) is 23.5 Å².